The van der Waals surface area contributed by atoms with E-state index in [4.69, 9.17) is 0 Å². The predicted octanol–water partition coefficient (Wildman–Crippen LogP) is 3.53. The first-order chi connectivity index (χ1) is 8.27. The first kappa shape index (κ1) is 14.4. The predicted molar refractivity (Wildman–Crippen MR) is 74.4 cm³/mol. The molecule has 0 amide bonds. The maximum Gasteiger partial charge on any atom is 0.127 e. The van der Waals surface area contributed by atoms with Gasteiger partial charge in [-0.2, -0.15) is 0 Å². The Labute approximate surface area is 108 Å². The summed E-state index contributed by atoms with van der Waals surface area (Å²) in [5.41, 5.74) is 1.22. The molecule has 1 heterocycles. The standard InChI is InChI=1S/C12H17NOS.C2H6/c1-11-5-7-12(8-6-11)15(14)13-9-3-2-4-10-13;1-2/h5-8H,2-4,9-10H2,1H3;1-2H3. The van der Waals surface area contributed by atoms with E-state index in [1.165, 1.54) is 24.8 Å². The molecule has 96 valence electrons. The van der Waals surface area contributed by atoms with Crippen LogP contribution in [0.1, 0.15) is 38.7 Å². The van der Waals surface area contributed by atoms with Gasteiger partial charge in [-0.25, -0.2) is 8.51 Å². The Bertz CT molecular complexity index is 342. The zero-order valence-electron chi connectivity index (χ0n) is 11.1. The molecule has 0 saturated carbocycles. The maximum atomic E-state index is 12.1. The third-order valence-electron chi connectivity index (χ3n) is 2.77. The molecule has 0 aromatic heterocycles. The molecule has 1 fully saturated rings. The fourth-order valence-electron chi connectivity index (χ4n) is 1.83. The third-order valence-corrected chi connectivity index (χ3v) is 4.28. The van der Waals surface area contributed by atoms with Crippen molar-refractivity contribution in [1.29, 1.82) is 0 Å². The second-order valence-electron chi connectivity index (χ2n) is 4.05. The van der Waals surface area contributed by atoms with Crippen LogP contribution in [0.3, 0.4) is 0 Å². The minimum atomic E-state index is -0.945. The highest BCUT2D eigenvalue weighted by atomic mass is 32.2. The van der Waals surface area contributed by atoms with Crippen LogP contribution < -0.4 is 0 Å². The number of piperidine rings is 1. The Morgan fingerprint density at radius 1 is 1.00 bits per heavy atom. The van der Waals surface area contributed by atoms with Crippen LogP contribution in [0.4, 0.5) is 0 Å². The van der Waals surface area contributed by atoms with Crippen molar-refractivity contribution in [2.24, 2.45) is 0 Å². The molecular weight excluding hydrogens is 230 g/mol. The van der Waals surface area contributed by atoms with Gasteiger partial charge in [0.1, 0.15) is 11.0 Å². The monoisotopic (exact) mass is 253 g/mol. The number of nitrogens with zero attached hydrogens (tertiary/aromatic N) is 1. The molecule has 1 aliphatic rings. The molecule has 17 heavy (non-hydrogen) atoms. The van der Waals surface area contributed by atoms with Crippen molar-refractivity contribution in [3.8, 4) is 0 Å². The Kier molecular flexibility index (Phi) is 6.45. The highest BCUT2D eigenvalue weighted by molar-refractivity contribution is 7.82. The largest absolute Gasteiger partial charge is 0.237 e. The normalized spacial score (nSPS) is 18.1. The minimum absolute atomic E-state index is 0.933. The van der Waals surface area contributed by atoms with Gasteiger partial charge in [-0.15, -0.1) is 0 Å². The number of hydrogen-bond acceptors (Lipinski definition) is 1. The lowest BCUT2D eigenvalue weighted by atomic mass is 10.2. The molecule has 1 saturated heterocycles. The van der Waals surface area contributed by atoms with Crippen LogP contribution >= 0.6 is 0 Å². The molecule has 0 radical (unpaired) electrons. The summed E-state index contributed by atoms with van der Waals surface area (Å²) >= 11 is 0. The van der Waals surface area contributed by atoms with Gasteiger partial charge in [0.15, 0.2) is 0 Å². The van der Waals surface area contributed by atoms with Crippen molar-refractivity contribution in [2.75, 3.05) is 13.1 Å². The summed E-state index contributed by atoms with van der Waals surface area (Å²) < 4.78 is 14.2. The molecule has 2 nitrogen and oxygen atoms in total. The minimum Gasteiger partial charge on any atom is -0.237 e. The lowest BCUT2D eigenvalue weighted by Crippen LogP contribution is -2.31. The van der Waals surface area contributed by atoms with Gasteiger partial charge in [-0.1, -0.05) is 38.0 Å². The van der Waals surface area contributed by atoms with Crippen LogP contribution in [-0.2, 0) is 11.0 Å². The van der Waals surface area contributed by atoms with Crippen LogP contribution in [0.5, 0.6) is 0 Å². The van der Waals surface area contributed by atoms with Crippen molar-refractivity contribution in [1.82, 2.24) is 4.31 Å². The zero-order valence-corrected chi connectivity index (χ0v) is 11.9. The average molecular weight is 253 g/mol. The SMILES string of the molecule is CC.Cc1ccc(S(=O)N2CCCCC2)cc1. The first-order valence-corrected chi connectivity index (χ1v) is 7.61. The van der Waals surface area contributed by atoms with Crippen LogP contribution in [0.15, 0.2) is 29.2 Å². The number of aryl methyl sites for hydroxylation is 1. The summed E-state index contributed by atoms with van der Waals surface area (Å²) in [5.74, 6) is 0. The van der Waals surface area contributed by atoms with E-state index in [-0.39, 0.29) is 0 Å². The van der Waals surface area contributed by atoms with E-state index in [1.807, 2.05) is 45.0 Å². The van der Waals surface area contributed by atoms with Gasteiger partial charge in [0.25, 0.3) is 0 Å². The molecule has 0 aliphatic carbocycles. The van der Waals surface area contributed by atoms with Crippen molar-refractivity contribution in [2.45, 2.75) is 44.9 Å². The average Bonchev–Trinajstić information content (AvgIpc) is 2.42. The smallest absolute Gasteiger partial charge is 0.127 e. The summed E-state index contributed by atoms with van der Waals surface area (Å²) in [6.07, 6.45) is 3.64. The molecule has 0 N–H and O–H groups in total. The summed E-state index contributed by atoms with van der Waals surface area (Å²) in [6.45, 7) is 7.99. The van der Waals surface area contributed by atoms with Crippen molar-refractivity contribution < 1.29 is 4.21 Å². The molecule has 0 spiro atoms. The Morgan fingerprint density at radius 2 is 1.53 bits per heavy atom. The molecule has 1 unspecified atom stereocenters. The maximum absolute atomic E-state index is 12.1. The van der Waals surface area contributed by atoms with Gasteiger partial charge in [-0.3, -0.25) is 0 Å². The molecule has 2 rings (SSSR count). The second-order valence-corrected chi connectivity index (χ2v) is 5.54. The van der Waals surface area contributed by atoms with E-state index in [0.717, 1.165) is 18.0 Å². The number of hydrogen-bond donors (Lipinski definition) is 0. The summed E-state index contributed by atoms with van der Waals surface area (Å²) in [7, 11) is -0.945. The van der Waals surface area contributed by atoms with E-state index in [2.05, 4.69) is 4.31 Å². The van der Waals surface area contributed by atoms with E-state index in [0.29, 0.717) is 0 Å². The van der Waals surface area contributed by atoms with E-state index in [1.54, 1.807) is 0 Å². The fourth-order valence-corrected chi connectivity index (χ4v) is 3.09. The van der Waals surface area contributed by atoms with Gasteiger partial charge in [0, 0.05) is 13.1 Å². The topological polar surface area (TPSA) is 20.3 Å². The molecule has 1 aliphatic heterocycles. The molecule has 3 heteroatoms. The van der Waals surface area contributed by atoms with Crippen LogP contribution in [-0.4, -0.2) is 21.6 Å². The van der Waals surface area contributed by atoms with Gasteiger partial charge in [0.2, 0.25) is 0 Å². The van der Waals surface area contributed by atoms with Gasteiger partial charge >= 0.3 is 0 Å². The highest BCUT2D eigenvalue weighted by Gasteiger charge is 2.17. The van der Waals surface area contributed by atoms with Crippen LogP contribution in [0.2, 0.25) is 0 Å². The van der Waals surface area contributed by atoms with Crippen molar-refractivity contribution >= 4 is 11.0 Å². The second kappa shape index (κ2) is 7.62. The fraction of sp³-hybridized carbons (Fsp3) is 0.571. The Hall–Kier alpha value is -0.670. The Balaban J connectivity index is 0.000000686. The molecular formula is C14H23NOS. The summed E-state index contributed by atoms with van der Waals surface area (Å²) in [5, 5.41) is 0. The van der Waals surface area contributed by atoms with E-state index >= 15 is 0 Å². The van der Waals surface area contributed by atoms with Crippen LogP contribution in [0.25, 0.3) is 0 Å². The summed E-state index contributed by atoms with van der Waals surface area (Å²) in [6, 6.07) is 7.99. The van der Waals surface area contributed by atoms with Crippen molar-refractivity contribution in [3.63, 3.8) is 0 Å². The highest BCUT2D eigenvalue weighted by Crippen LogP contribution is 2.17. The molecule has 0 bridgehead atoms. The lowest BCUT2D eigenvalue weighted by molar-refractivity contribution is 0.365. The summed E-state index contributed by atoms with van der Waals surface area (Å²) in [4.78, 5) is 0.933. The Morgan fingerprint density at radius 3 is 2.06 bits per heavy atom. The van der Waals surface area contributed by atoms with Gasteiger partial charge in [-0.05, 0) is 31.9 Å². The van der Waals surface area contributed by atoms with Crippen LogP contribution in [0, 0.1) is 6.92 Å². The number of rotatable bonds is 2. The quantitative estimate of drug-likeness (QED) is 0.789. The molecule has 1 aromatic carbocycles. The zero-order chi connectivity index (χ0) is 12.7. The first-order valence-electron chi connectivity index (χ1n) is 6.51. The third kappa shape index (κ3) is 4.25. The van der Waals surface area contributed by atoms with Crippen molar-refractivity contribution in [3.05, 3.63) is 29.8 Å². The van der Waals surface area contributed by atoms with Gasteiger partial charge in [0.05, 0.1) is 4.90 Å². The lowest BCUT2D eigenvalue weighted by Gasteiger charge is -2.24. The molecule has 1 aromatic rings. The van der Waals surface area contributed by atoms with Gasteiger partial charge < -0.3 is 0 Å². The van der Waals surface area contributed by atoms with E-state index < -0.39 is 11.0 Å². The molecule has 1 atom stereocenters. The van der Waals surface area contributed by atoms with E-state index in [9.17, 15) is 4.21 Å². The number of benzene rings is 1.